The van der Waals surface area contributed by atoms with Crippen LogP contribution in [0.2, 0.25) is 0 Å². The fraction of sp³-hybridized carbons (Fsp3) is 0.125. The van der Waals surface area contributed by atoms with Gasteiger partial charge < -0.3 is 9.51 Å². The molecule has 0 spiro atoms. The summed E-state index contributed by atoms with van der Waals surface area (Å²) in [6, 6.07) is 1.96. The highest BCUT2D eigenvalue weighted by molar-refractivity contribution is 14.1. The van der Waals surface area contributed by atoms with Crippen molar-refractivity contribution in [1.29, 1.82) is 0 Å². The Labute approximate surface area is 83.2 Å². The molecule has 0 saturated carbocycles. The van der Waals surface area contributed by atoms with Crippen LogP contribution in [0.4, 0.5) is 0 Å². The molecule has 0 aliphatic rings. The highest BCUT2D eigenvalue weighted by atomic mass is 127. The largest absolute Gasteiger partial charge is 0.392 e. The van der Waals surface area contributed by atoms with Gasteiger partial charge in [0.1, 0.15) is 0 Å². The molecule has 0 aliphatic heterocycles. The van der Waals surface area contributed by atoms with Gasteiger partial charge in [-0.15, -0.1) is 0 Å². The summed E-state index contributed by atoms with van der Waals surface area (Å²) in [5.74, 6) is 0. The van der Waals surface area contributed by atoms with Crippen LogP contribution in [0.5, 0.6) is 0 Å². The predicted octanol–water partition coefficient (Wildman–Crippen LogP) is 1.43. The second-order valence-electron chi connectivity index (χ2n) is 2.49. The van der Waals surface area contributed by atoms with Gasteiger partial charge in [0.05, 0.1) is 24.6 Å². The van der Waals surface area contributed by atoms with Crippen molar-refractivity contribution < 1.29 is 5.11 Å². The van der Waals surface area contributed by atoms with E-state index in [2.05, 4.69) is 27.6 Å². The summed E-state index contributed by atoms with van der Waals surface area (Å²) in [4.78, 5) is 4.00. The van der Waals surface area contributed by atoms with E-state index in [9.17, 15) is 0 Å². The average Bonchev–Trinajstić information content (AvgIpc) is 2.52. The van der Waals surface area contributed by atoms with Crippen molar-refractivity contribution in [2.24, 2.45) is 0 Å². The fourth-order valence-corrected chi connectivity index (χ4v) is 1.79. The maximum atomic E-state index is 9.09. The molecule has 0 unspecified atom stereocenters. The van der Waals surface area contributed by atoms with Gasteiger partial charge in [0.15, 0.2) is 0 Å². The van der Waals surface area contributed by atoms with Crippen LogP contribution in [0.3, 0.4) is 0 Å². The van der Waals surface area contributed by atoms with E-state index in [4.69, 9.17) is 5.11 Å². The van der Waals surface area contributed by atoms with Crippen molar-refractivity contribution >= 4 is 28.1 Å². The number of fused-ring (bicyclic) bond motifs is 1. The molecule has 12 heavy (non-hydrogen) atoms. The van der Waals surface area contributed by atoms with E-state index in [-0.39, 0.29) is 6.61 Å². The van der Waals surface area contributed by atoms with Gasteiger partial charge in [0.25, 0.3) is 0 Å². The van der Waals surface area contributed by atoms with Gasteiger partial charge >= 0.3 is 0 Å². The molecule has 0 radical (unpaired) electrons. The molecule has 62 valence electrons. The van der Waals surface area contributed by atoms with E-state index in [1.165, 1.54) is 0 Å². The molecular weight excluding hydrogens is 267 g/mol. The molecule has 0 bridgehead atoms. The summed E-state index contributed by atoms with van der Waals surface area (Å²) in [6.45, 7) is 0.0638. The van der Waals surface area contributed by atoms with Crippen molar-refractivity contribution in [3.63, 3.8) is 0 Å². The Morgan fingerprint density at radius 1 is 1.58 bits per heavy atom. The van der Waals surface area contributed by atoms with Crippen LogP contribution < -0.4 is 0 Å². The molecule has 2 heterocycles. The van der Waals surface area contributed by atoms with Crippen molar-refractivity contribution in [1.82, 2.24) is 9.38 Å². The van der Waals surface area contributed by atoms with E-state index in [1.807, 2.05) is 16.7 Å². The topological polar surface area (TPSA) is 37.5 Å². The minimum absolute atomic E-state index is 0.0638. The number of nitrogens with zero attached hydrogens (tertiary/aromatic N) is 2. The summed E-state index contributed by atoms with van der Waals surface area (Å²) in [7, 11) is 0. The van der Waals surface area contributed by atoms with Crippen molar-refractivity contribution in [3.8, 4) is 0 Å². The highest BCUT2D eigenvalue weighted by Gasteiger charge is 2.03. The first-order chi connectivity index (χ1) is 5.83. The minimum atomic E-state index is 0.0638. The van der Waals surface area contributed by atoms with Crippen LogP contribution in [-0.2, 0) is 6.61 Å². The number of hydrogen-bond acceptors (Lipinski definition) is 2. The first-order valence-electron chi connectivity index (χ1n) is 3.53. The molecular formula is C8H7IN2O. The minimum Gasteiger partial charge on any atom is -0.392 e. The quantitative estimate of drug-likeness (QED) is 0.799. The van der Waals surface area contributed by atoms with Crippen molar-refractivity contribution in [2.75, 3.05) is 0 Å². The lowest BCUT2D eigenvalue weighted by Crippen LogP contribution is -1.93. The zero-order valence-electron chi connectivity index (χ0n) is 6.24. The maximum Gasteiger partial charge on any atom is 0.0992 e. The lowest BCUT2D eigenvalue weighted by atomic mass is 10.2. The van der Waals surface area contributed by atoms with E-state index >= 15 is 0 Å². The summed E-state index contributed by atoms with van der Waals surface area (Å²) < 4.78 is 2.97. The number of aromatic nitrogens is 2. The van der Waals surface area contributed by atoms with Crippen LogP contribution in [0.25, 0.3) is 5.52 Å². The fourth-order valence-electron chi connectivity index (χ4n) is 1.18. The van der Waals surface area contributed by atoms with Gasteiger partial charge in [-0.2, -0.15) is 0 Å². The van der Waals surface area contributed by atoms with Gasteiger partial charge in [-0.3, -0.25) is 0 Å². The first kappa shape index (κ1) is 8.00. The van der Waals surface area contributed by atoms with E-state index in [0.717, 1.165) is 14.7 Å². The second-order valence-corrected chi connectivity index (χ2v) is 3.65. The Bertz CT molecular complexity index is 410. The van der Waals surface area contributed by atoms with E-state index in [1.54, 1.807) is 12.5 Å². The predicted molar refractivity (Wildman–Crippen MR) is 53.8 cm³/mol. The number of aliphatic hydroxyl groups is 1. The summed E-state index contributed by atoms with van der Waals surface area (Å²) in [6.07, 6.45) is 5.42. The molecule has 0 saturated heterocycles. The zero-order chi connectivity index (χ0) is 8.55. The van der Waals surface area contributed by atoms with Crippen LogP contribution in [-0.4, -0.2) is 14.5 Å². The first-order valence-corrected chi connectivity index (χ1v) is 4.60. The molecule has 0 aliphatic carbocycles. The number of pyridine rings is 1. The molecule has 0 atom stereocenters. The Morgan fingerprint density at radius 2 is 2.42 bits per heavy atom. The molecule has 3 nitrogen and oxygen atoms in total. The molecule has 2 aromatic rings. The molecule has 0 amide bonds. The van der Waals surface area contributed by atoms with Gasteiger partial charge in [0.2, 0.25) is 0 Å². The molecule has 0 fully saturated rings. The summed E-state index contributed by atoms with van der Waals surface area (Å²) in [5.41, 5.74) is 1.92. The molecule has 2 rings (SSSR count). The number of imidazole rings is 1. The van der Waals surface area contributed by atoms with Gasteiger partial charge in [0, 0.05) is 15.3 Å². The zero-order valence-corrected chi connectivity index (χ0v) is 8.39. The third-order valence-corrected chi connectivity index (χ3v) is 2.81. The van der Waals surface area contributed by atoms with Gasteiger partial charge in [-0.25, -0.2) is 4.98 Å². The Morgan fingerprint density at radius 3 is 3.17 bits per heavy atom. The van der Waals surface area contributed by atoms with E-state index < -0.39 is 0 Å². The smallest absolute Gasteiger partial charge is 0.0992 e. The van der Waals surface area contributed by atoms with Crippen LogP contribution in [0, 0.1) is 3.57 Å². The summed E-state index contributed by atoms with van der Waals surface area (Å²) >= 11 is 2.20. The third kappa shape index (κ3) is 1.11. The molecule has 0 aromatic carbocycles. The number of aliphatic hydroxyl groups excluding tert-OH is 1. The van der Waals surface area contributed by atoms with Gasteiger partial charge in [-0.05, 0) is 28.7 Å². The van der Waals surface area contributed by atoms with Crippen LogP contribution in [0.1, 0.15) is 5.56 Å². The third-order valence-electron chi connectivity index (χ3n) is 1.80. The Hall–Kier alpha value is -0.620. The molecule has 4 heteroatoms. The monoisotopic (exact) mass is 274 g/mol. The molecule has 1 N–H and O–H groups in total. The Kier molecular flexibility index (Phi) is 2.02. The lowest BCUT2D eigenvalue weighted by Gasteiger charge is -2.02. The second kappa shape index (κ2) is 3.02. The molecule has 2 aromatic heterocycles. The summed E-state index contributed by atoms with van der Waals surface area (Å²) in [5, 5.41) is 9.09. The Balaban J connectivity index is 2.83. The average molecular weight is 274 g/mol. The highest BCUT2D eigenvalue weighted by Crippen LogP contribution is 2.17. The standard InChI is InChI=1S/C8H7IN2O/c9-7-1-2-11-5-10-3-8(11)6(7)4-12/h1-3,5,12H,4H2. The van der Waals surface area contributed by atoms with Crippen molar-refractivity contribution in [2.45, 2.75) is 6.61 Å². The van der Waals surface area contributed by atoms with Gasteiger partial charge in [-0.1, -0.05) is 0 Å². The van der Waals surface area contributed by atoms with E-state index in [0.29, 0.717) is 0 Å². The van der Waals surface area contributed by atoms with Crippen LogP contribution >= 0.6 is 22.6 Å². The van der Waals surface area contributed by atoms with Crippen molar-refractivity contribution in [3.05, 3.63) is 33.9 Å². The number of halogens is 1. The lowest BCUT2D eigenvalue weighted by molar-refractivity contribution is 0.282. The number of hydrogen-bond donors (Lipinski definition) is 1. The SMILES string of the molecule is OCc1c(I)ccn2cncc12. The number of rotatable bonds is 1. The maximum absolute atomic E-state index is 9.09. The normalized spacial score (nSPS) is 10.8. The van der Waals surface area contributed by atoms with Crippen LogP contribution in [0.15, 0.2) is 24.8 Å².